The van der Waals surface area contributed by atoms with Gasteiger partial charge in [0.2, 0.25) is 0 Å². The van der Waals surface area contributed by atoms with Crippen molar-refractivity contribution in [3.8, 4) is 11.1 Å². The molecule has 1 aromatic heterocycles. The molecule has 2 rings (SSSR count). The molecule has 3 N–H and O–H groups in total. The fourth-order valence-electron chi connectivity index (χ4n) is 1.13. The SMILES string of the molecule is Nc1cc(-c2cn[nH]c2)ccc1Cl. The van der Waals surface area contributed by atoms with Crippen molar-refractivity contribution < 1.29 is 0 Å². The second-order valence-corrected chi connectivity index (χ2v) is 3.13. The third-order valence-electron chi connectivity index (χ3n) is 1.83. The molecule has 0 bridgehead atoms. The highest BCUT2D eigenvalue weighted by molar-refractivity contribution is 6.33. The van der Waals surface area contributed by atoms with Crippen molar-refractivity contribution in [2.45, 2.75) is 0 Å². The summed E-state index contributed by atoms with van der Waals surface area (Å²) in [6.07, 6.45) is 3.55. The van der Waals surface area contributed by atoms with E-state index in [2.05, 4.69) is 10.2 Å². The highest BCUT2D eigenvalue weighted by Gasteiger charge is 2.01. The molecule has 0 fully saturated rings. The lowest BCUT2D eigenvalue weighted by molar-refractivity contribution is 1.09. The van der Waals surface area contributed by atoms with Crippen LogP contribution < -0.4 is 5.73 Å². The molecule has 4 heteroatoms. The van der Waals surface area contributed by atoms with Crippen molar-refractivity contribution in [2.24, 2.45) is 0 Å². The van der Waals surface area contributed by atoms with Gasteiger partial charge >= 0.3 is 0 Å². The molecule has 2 aromatic rings. The lowest BCUT2D eigenvalue weighted by Gasteiger charge is -2.00. The van der Waals surface area contributed by atoms with E-state index in [-0.39, 0.29) is 0 Å². The minimum absolute atomic E-state index is 0.576. The van der Waals surface area contributed by atoms with E-state index in [0.29, 0.717) is 10.7 Å². The molecule has 13 heavy (non-hydrogen) atoms. The van der Waals surface area contributed by atoms with Crippen molar-refractivity contribution in [1.82, 2.24) is 10.2 Å². The van der Waals surface area contributed by atoms with Gasteiger partial charge in [0.25, 0.3) is 0 Å². The molecule has 66 valence electrons. The average Bonchev–Trinajstić information content (AvgIpc) is 2.62. The van der Waals surface area contributed by atoms with Crippen LogP contribution in [0.4, 0.5) is 5.69 Å². The third kappa shape index (κ3) is 1.51. The molecule has 3 nitrogen and oxygen atoms in total. The Labute approximate surface area is 80.5 Å². The summed E-state index contributed by atoms with van der Waals surface area (Å²) in [4.78, 5) is 0. The maximum absolute atomic E-state index is 5.79. The van der Waals surface area contributed by atoms with Gasteiger partial charge in [-0.15, -0.1) is 0 Å². The highest BCUT2D eigenvalue weighted by Crippen LogP contribution is 2.25. The molecule has 0 unspecified atom stereocenters. The molecular weight excluding hydrogens is 186 g/mol. The predicted octanol–water partition coefficient (Wildman–Crippen LogP) is 2.31. The predicted molar refractivity (Wildman–Crippen MR) is 53.4 cm³/mol. The van der Waals surface area contributed by atoms with Crippen molar-refractivity contribution in [2.75, 3.05) is 5.73 Å². The van der Waals surface area contributed by atoms with Gasteiger partial charge in [-0.05, 0) is 17.7 Å². The van der Waals surface area contributed by atoms with E-state index in [0.717, 1.165) is 11.1 Å². The van der Waals surface area contributed by atoms with Crippen LogP contribution >= 0.6 is 11.6 Å². The molecule has 0 saturated carbocycles. The largest absolute Gasteiger partial charge is 0.398 e. The van der Waals surface area contributed by atoms with Crippen molar-refractivity contribution >= 4 is 17.3 Å². The molecule has 0 saturated heterocycles. The van der Waals surface area contributed by atoms with Gasteiger partial charge < -0.3 is 5.73 Å². The van der Waals surface area contributed by atoms with Crippen molar-refractivity contribution in [1.29, 1.82) is 0 Å². The van der Waals surface area contributed by atoms with Gasteiger partial charge in [-0.1, -0.05) is 17.7 Å². The van der Waals surface area contributed by atoms with Gasteiger partial charge in [-0.3, -0.25) is 5.10 Å². The van der Waals surface area contributed by atoms with Crippen LogP contribution in [0.5, 0.6) is 0 Å². The lowest BCUT2D eigenvalue weighted by atomic mass is 10.1. The van der Waals surface area contributed by atoms with Gasteiger partial charge in [0.05, 0.1) is 16.9 Å². The first-order chi connectivity index (χ1) is 6.27. The zero-order valence-electron chi connectivity index (χ0n) is 6.79. The first-order valence-electron chi connectivity index (χ1n) is 3.81. The number of nitrogens with two attached hydrogens (primary N) is 1. The van der Waals surface area contributed by atoms with Gasteiger partial charge in [0.15, 0.2) is 0 Å². The van der Waals surface area contributed by atoms with Crippen LogP contribution in [0.25, 0.3) is 11.1 Å². The monoisotopic (exact) mass is 193 g/mol. The number of H-pyrrole nitrogens is 1. The van der Waals surface area contributed by atoms with Crippen LogP contribution in [0.15, 0.2) is 30.6 Å². The molecule has 0 amide bonds. The molecule has 0 aliphatic heterocycles. The summed E-state index contributed by atoms with van der Waals surface area (Å²) in [6.45, 7) is 0. The van der Waals surface area contributed by atoms with Crippen LogP contribution in [0.1, 0.15) is 0 Å². The third-order valence-corrected chi connectivity index (χ3v) is 2.17. The fourth-order valence-corrected chi connectivity index (χ4v) is 1.25. The van der Waals surface area contributed by atoms with E-state index >= 15 is 0 Å². The number of halogens is 1. The smallest absolute Gasteiger partial charge is 0.0635 e. The normalized spacial score (nSPS) is 10.2. The molecule has 0 aliphatic rings. The number of rotatable bonds is 1. The second-order valence-electron chi connectivity index (χ2n) is 2.72. The topological polar surface area (TPSA) is 54.7 Å². The molecule has 0 radical (unpaired) electrons. The highest BCUT2D eigenvalue weighted by atomic mass is 35.5. The number of nitrogens with zero attached hydrogens (tertiary/aromatic N) is 1. The second kappa shape index (κ2) is 3.11. The van der Waals surface area contributed by atoms with E-state index in [9.17, 15) is 0 Å². The summed E-state index contributed by atoms with van der Waals surface area (Å²) in [5.41, 5.74) is 8.26. The Bertz CT molecular complexity index is 409. The summed E-state index contributed by atoms with van der Waals surface area (Å²) in [5, 5.41) is 7.17. The molecular formula is C9H8ClN3. The summed E-state index contributed by atoms with van der Waals surface area (Å²) >= 11 is 5.79. The first-order valence-corrected chi connectivity index (χ1v) is 4.19. The van der Waals surface area contributed by atoms with Crippen LogP contribution in [-0.4, -0.2) is 10.2 Å². The standard InChI is InChI=1S/C9H8ClN3/c10-8-2-1-6(3-9(8)11)7-4-12-13-5-7/h1-5H,11H2,(H,12,13). The number of aromatic nitrogens is 2. The van der Waals surface area contributed by atoms with E-state index in [4.69, 9.17) is 17.3 Å². The summed E-state index contributed by atoms with van der Waals surface area (Å²) in [5.74, 6) is 0. The number of hydrogen-bond donors (Lipinski definition) is 2. The van der Waals surface area contributed by atoms with E-state index in [1.165, 1.54) is 0 Å². The first kappa shape index (κ1) is 8.13. The van der Waals surface area contributed by atoms with Crippen LogP contribution in [0.2, 0.25) is 5.02 Å². The number of benzene rings is 1. The van der Waals surface area contributed by atoms with E-state index in [1.54, 1.807) is 12.3 Å². The van der Waals surface area contributed by atoms with Crippen LogP contribution in [-0.2, 0) is 0 Å². The number of hydrogen-bond acceptors (Lipinski definition) is 2. The number of nitrogens with one attached hydrogen (secondary N) is 1. The van der Waals surface area contributed by atoms with Crippen molar-refractivity contribution in [3.63, 3.8) is 0 Å². The Balaban J connectivity index is 2.49. The maximum atomic E-state index is 5.79. The number of nitrogen functional groups attached to an aromatic ring is 1. The Hall–Kier alpha value is -1.48. The summed E-state index contributed by atoms with van der Waals surface area (Å²) in [6, 6.07) is 5.51. The van der Waals surface area contributed by atoms with Gasteiger partial charge in [-0.25, -0.2) is 0 Å². The Kier molecular flexibility index (Phi) is 1.94. The molecule has 0 atom stereocenters. The fraction of sp³-hybridized carbons (Fsp3) is 0. The minimum atomic E-state index is 0.576. The molecule has 1 heterocycles. The van der Waals surface area contributed by atoms with Crippen molar-refractivity contribution in [3.05, 3.63) is 35.6 Å². The zero-order chi connectivity index (χ0) is 9.26. The summed E-state index contributed by atoms with van der Waals surface area (Å²) < 4.78 is 0. The van der Waals surface area contributed by atoms with Crippen LogP contribution in [0.3, 0.4) is 0 Å². The van der Waals surface area contributed by atoms with E-state index < -0.39 is 0 Å². The number of aromatic amines is 1. The molecule has 0 spiro atoms. The lowest BCUT2D eigenvalue weighted by Crippen LogP contribution is -1.86. The van der Waals surface area contributed by atoms with Gasteiger partial charge in [-0.2, -0.15) is 5.10 Å². The number of anilines is 1. The maximum Gasteiger partial charge on any atom is 0.0635 e. The minimum Gasteiger partial charge on any atom is -0.398 e. The van der Waals surface area contributed by atoms with Crippen LogP contribution in [0, 0.1) is 0 Å². The average molecular weight is 194 g/mol. The molecule has 1 aromatic carbocycles. The quantitative estimate of drug-likeness (QED) is 0.683. The Morgan fingerprint density at radius 1 is 1.31 bits per heavy atom. The van der Waals surface area contributed by atoms with E-state index in [1.807, 2.05) is 18.3 Å². The summed E-state index contributed by atoms with van der Waals surface area (Å²) in [7, 11) is 0. The Morgan fingerprint density at radius 2 is 2.15 bits per heavy atom. The molecule has 0 aliphatic carbocycles. The van der Waals surface area contributed by atoms with Gasteiger partial charge in [0.1, 0.15) is 0 Å². The zero-order valence-corrected chi connectivity index (χ0v) is 7.55. The Morgan fingerprint density at radius 3 is 2.77 bits per heavy atom. The van der Waals surface area contributed by atoms with Gasteiger partial charge in [0, 0.05) is 11.8 Å².